The molecule has 0 amide bonds. The van der Waals surface area contributed by atoms with Gasteiger partial charge in [0.2, 0.25) is 0 Å². The van der Waals surface area contributed by atoms with Gasteiger partial charge in [-0.3, -0.25) is 0 Å². The van der Waals surface area contributed by atoms with Crippen LogP contribution in [0.25, 0.3) is 0 Å². The second-order valence-electron chi connectivity index (χ2n) is 4.04. The summed E-state index contributed by atoms with van der Waals surface area (Å²) in [5.74, 6) is 0.840. The van der Waals surface area contributed by atoms with Crippen LogP contribution in [-0.2, 0) is 17.7 Å². The van der Waals surface area contributed by atoms with Crippen LogP contribution in [-0.4, -0.2) is 37.7 Å². The highest BCUT2D eigenvalue weighted by molar-refractivity contribution is 7.11. The van der Waals surface area contributed by atoms with E-state index >= 15 is 0 Å². The van der Waals surface area contributed by atoms with Crippen molar-refractivity contribution >= 4 is 17.3 Å². The van der Waals surface area contributed by atoms with E-state index in [1.807, 2.05) is 6.20 Å². The van der Waals surface area contributed by atoms with Crippen molar-refractivity contribution in [2.45, 2.75) is 33.2 Å². The van der Waals surface area contributed by atoms with Gasteiger partial charge in [0.25, 0.3) is 0 Å². The molecule has 0 radical (unpaired) electrons. The van der Waals surface area contributed by atoms with Crippen molar-refractivity contribution in [3.63, 3.8) is 0 Å². The molecule has 1 rings (SSSR count). The van der Waals surface area contributed by atoms with Gasteiger partial charge < -0.3 is 15.4 Å². The fourth-order valence-corrected chi connectivity index (χ4v) is 2.28. The van der Waals surface area contributed by atoms with Gasteiger partial charge in [-0.25, -0.2) is 9.98 Å². The maximum absolute atomic E-state index is 5.02. The van der Waals surface area contributed by atoms with Gasteiger partial charge in [0.15, 0.2) is 5.96 Å². The third kappa shape index (κ3) is 6.54. The maximum Gasteiger partial charge on any atom is 0.191 e. The number of thiazole rings is 1. The van der Waals surface area contributed by atoms with Crippen molar-refractivity contribution in [2.24, 2.45) is 4.99 Å². The van der Waals surface area contributed by atoms with E-state index in [-0.39, 0.29) is 0 Å². The van der Waals surface area contributed by atoms with Gasteiger partial charge >= 0.3 is 0 Å². The minimum absolute atomic E-state index is 0.629. The van der Waals surface area contributed by atoms with Crippen LogP contribution in [0.1, 0.15) is 30.2 Å². The zero-order valence-corrected chi connectivity index (χ0v) is 12.8. The van der Waals surface area contributed by atoms with Crippen molar-refractivity contribution in [1.29, 1.82) is 0 Å². The number of ether oxygens (including phenoxy) is 1. The normalized spacial score (nSPS) is 11.6. The van der Waals surface area contributed by atoms with Crippen LogP contribution >= 0.6 is 11.3 Å². The number of guanidine groups is 1. The van der Waals surface area contributed by atoms with Gasteiger partial charge in [-0.15, -0.1) is 11.3 Å². The molecule has 1 aromatic heterocycles. The van der Waals surface area contributed by atoms with E-state index in [1.165, 1.54) is 4.88 Å². The van der Waals surface area contributed by atoms with Crippen LogP contribution in [0, 0.1) is 0 Å². The molecule has 0 saturated heterocycles. The molecule has 6 heteroatoms. The fourth-order valence-electron chi connectivity index (χ4n) is 1.50. The lowest BCUT2D eigenvalue weighted by Crippen LogP contribution is -2.38. The molecular weight excluding hydrogens is 260 g/mol. The van der Waals surface area contributed by atoms with Crippen LogP contribution in [0.2, 0.25) is 0 Å². The summed E-state index contributed by atoms with van der Waals surface area (Å²) in [6.07, 6.45) is 3.95. The molecule has 0 spiro atoms. The molecule has 0 saturated carbocycles. The Hall–Kier alpha value is -1.14. The highest BCUT2D eigenvalue weighted by atomic mass is 32.1. The first-order valence-corrected chi connectivity index (χ1v) is 7.56. The Kier molecular flexibility index (Phi) is 8.16. The van der Waals surface area contributed by atoms with Crippen LogP contribution in [0.15, 0.2) is 11.2 Å². The molecule has 0 aliphatic carbocycles. The molecule has 5 nitrogen and oxygen atoms in total. The van der Waals surface area contributed by atoms with E-state index in [2.05, 4.69) is 34.5 Å². The second kappa shape index (κ2) is 9.75. The standard InChI is InChI=1S/C13H24N4OS/c1-4-11-9-16-12(19-11)10-17-13(14-5-2)15-7-6-8-18-3/h9H,4-8,10H2,1-3H3,(H2,14,15,17). The summed E-state index contributed by atoms with van der Waals surface area (Å²) in [7, 11) is 1.72. The molecule has 0 aromatic carbocycles. The summed E-state index contributed by atoms with van der Waals surface area (Å²) in [5.41, 5.74) is 0. The van der Waals surface area contributed by atoms with E-state index in [0.717, 1.165) is 43.5 Å². The predicted molar refractivity (Wildman–Crippen MR) is 80.8 cm³/mol. The minimum atomic E-state index is 0.629. The van der Waals surface area contributed by atoms with E-state index < -0.39 is 0 Å². The number of rotatable bonds is 8. The number of aromatic nitrogens is 1. The number of methoxy groups -OCH3 is 1. The van der Waals surface area contributed by atoms with E-state index in [0.29, 0.717) is 6.54 Å². The van der Waals surface area contributed by atoms with Gasteiger partial charge in [-0.2, -0.15) is 0 Å². The molecule has 19 heavy (non-hydrogen) atoms. The molecule has 1 aromatic rings. The maximum atomic E-state index is 5.02. The highest BCUT2D eigenvalue weighted by Gasteiger charge is 2.01. The summed E-state index contributed by atoms with van der Waals surface area (Å²) >= 11 is 1.73. The van der Waals surface area contributed by atoms with Gasteiger partial charge in [-0.05, 0) is 19.8 Å². The van der Waals surface area contributed by atoms with Crippen LogP contribution < -0.4 is 10.6 Å². The first kappa shape index (κ1) is 15.9. The highest BCUT2D eigenvalue weighted by Crippen LogP contribution is 2.13. The Balaban J connectivity index is 2.42. The number of nitrogens with one attached hydrogen (secondary N) is 2. The van der Waals surface area contributed by atoms with Crippen molar-refractivity contribution in [3.8, 4) is 0 Å². The van der Waals surface area contributed by atoms with Crippen molar-refractivity contribution in [1.82, 2.24) is 15.6 Å². The smallest absolute Gasteiger partial charge is 0.191 e. The third-order valence-corrected chi connectivity index (χ3v) is 3.61. The first-order chi connectivity index (χ1) is 9.30. The first-order valence-electron chi connectivity index (χ1n) is 6.74. The third-order valence-electron chi connectivity index (χ3n) is 2.48. The summed E-state index contributed by atoms with van der Waals surface area (Å²) in [5, 5.41) is 7.57. The van der Waals surface area contributed by atoms with Gasteiger partial charge in [0, 0.05) is 37.9 Å². The monoisotopic (exact) mass is 284 g/mol. The van der Waals surface area contributed by atoms with Crippen molar-refractivity contribution in [3.05, 3.63) is 16.1 Å². The minimum Gasteiger partial charge on any atom is -0.385 e. The van der Waals surface area contributed by atoms with Crippen LogP contribution in [0.5, 0.6) is 0 Å². The Morgan fingerprint density at radius 1 is 1.42 bits per heavy atom. The Bertz CT molecular complexity index is 378. The van der Waals surface area contributed by atoms with E-state index in [9.17, 15) is 0 Å². The predicted octanol–water partition coefficient (Wildman–Crippen LogP) is 1.80. The lowest BCUT2D eigenvalue weighted by Gasteiger charge is -2.10. The van der Waals surface area contributed by atoms with Crippen LogP contribution in [0.3, 0.4) is 0 Å². The summed E-state index contributed by atoms with van der Waals surface area (Å²) < 4.78 is 5.02. The molecule has 1 heterocycles. The zero-order valence-electron chi connectivity index (χ0n) is 12.0. The molecule has 0 fully saturated rings. The van der Waals surface area contributed by atoms with Crippen LogP contribution in [0.4, 0.5) is 0 Å². The molecule has 0 atom stereocenters. The van der Waals surface area contributed by atoms with Crippen molar-refractivity contribution in [2.75, 3.05) is 26.8 Å². The second-order valence-corrected chi connectivity index (χ2v) is 5.24. The zero-order chi connectivity index (χ0) is 13.9. The number of aliphatic imine (C=N–C) groups is 1. The SMILES string of the molecule is CCNC(=NCc1ncc(CC)s1)NCCCOC. The average molecular weight is 284 g/mol. The molecule has 0 bridgehead atoms. The number of hydrogen-bond donors (Lipinski definition) is 2. The Morgan fingerprint density at radius 2 is 2.26 bits per heavy atom. The number of nitrogens with zero attached hydrogens (tertiary/aromatic N) is 2. The molecular formula is C13H24N4OS. The molecule has 0 aliphatic heterocycles. The van der Waals surface area contributed by atoms with E-state index in [4.69, 9.17) is 4.74 Å². The average Bonchev–Trinajstić information content (AvgIpc) is 2.88. The lowest BCUT2D eigenvalue weighted by atomic mass is 10.4. The summed E-state index contributed by atoms with van der Waals surface area (Å²) in [4.78, 5) is 10.2. The van der Waals surface area contributed by atoms with Crippen molar-refractivity contribution < 1.29 is 4.74 Å². The van der Waals surface area contributed by atoms with Gasteiger partial charge in [-0.1, -0.05) is 6.92 Å². The molecule has 108 valence electrons. The molecule has 2 N–H and O–H groups in total. The lowest BCUT2D eigenvalue weighted by molar-refractivity contribution is 0.195. The van der Waals surface area contributed by atoms with Gasteiger partial charge in [0.05, 0.1) is 6.54 Å². The topological polar surface area (TPSA) is 58.5 Å². The Morgan fingerprint density at radius 3 is 2.89 bits per heavy atom. The number of aryl methyl sites for hydroxylation is 1. The van der Waals surface area contributed by atoms with Gasteiger partial charge in [0.1, 0.15) is 5.01 Å². The summed E-state index contributed by atoms with van der Waals surface area (Å²) in [6.45, 7) is 7.31. The summed E-state index contributed by atoms with van der Waals surface area (Å²) in [6, 6.07) is 0. The number of hydrogen-bond acceptors (Lipinski definition) is 4. The largest absolute Gasteiger partial charge is 0.385 e. The fraction of sp³-hybridized carbons (Fsp3) is 0.692. The Labute approximate surface area is 119 Å². The quantitative estimate of drug-likeness (QED) is 0.434. The molecule has 0 unspecified atom stereocenters. The van der Waals surface area contributed by atoms with E-state index in [1.54, 1.807) is 18.4 Å². The molecule has 0 aliphatic rings.